The summed E-state index contributed by atoms with van der Waals surface area (Å²) < 4.78 is 5.99. The lowest BCUT2D eigenvalue weighted by Crippen LogP contribution is -2.36. The van der Waals surface area contributed by atoms with E-state index >= 15 is 0 Å². The van der Waals surface area contributed by atoms with Gasteiger partial charge in [0, 0.05) is 50.4 Å². The number of pyridine rings is 1. The fourth-order valence-corrected chi connectivity index (χ4v) is 3.72. The zero-order chi connectivity index (χ0) is 20.5. The number of Topliss-reactive ketones (excluding diaryl/α,β-unsaturated/α-hetero) is 1. The molecule has 3 rings (SSSR count). The lowest BCUT2D eigenvalue weighted by Gasteiger charge is -2.27. The van der Waals surface area contributed by atoms with Gasteiger partial charge in [-0.3, -0.25) is 14.6 Å². The molecular weight excluding hydrogens is 354 g/mol. The molecule has 2 aromatic rings. The number of furan rings is 1. The maximum atomic E-state index is 13.4. The van der Waals surface area contributed by atoms with Crippen LogP contribution in [0.2, 0.25) is 0 Å². The molecule has 1 amide bonds. The Morgan fingerprint density at radius 3 is 2.64 bits per heavy atom. The van der Waals surface area contributed by atoms with Crippen LogP contribution in [0.15, 0.2) is 28.9 Å². The van der Waals surface area contributed by atoms with Gasteiger partial charge in [-0.25, -0.2) is 0 Å². The highest BCUT2D eigenvalue weighted by molar-refractivity contribution is 6.03. The van der Waals surface area contributed by atoms with Crippen molar-refractivity contribution in [3.05, 3.63) is 52.7 Å². The Balaban J connectivity index is 1.91. The normalized spacial score (nSPS) is 15.6. The third-order valence-electron chi connectivity index (χ3n) is 5.17. The van der Waals surface area contributed by atoms with E-state index in [2.05, 4.69) is 18.8 Å². The van der Waals surface area contributed by atoms with Gasteiger partial charge in [0.05, 0.1) is 5.56 Å². The van der Waals surface area contributed by atoms with Crippen molar-refractivity contribution in [2.75, 3.05) is 27.2 Å². The zero-order valence-corrected chi connectivity index (χ0v) is 17.4. The minimum atomic E-state index is -0.178. The molecule has 0 aromatic carbocycles. The molecule has 0 saturated heterocycles. The summed E-state index contributed by atoms with van der Waals surface area (Å²) in [5, 5.41) is 0. The maximum Gasteiger partial charge on any atom is 0.290 e. The first-order valence-electron chi connectivity index (χ1n) is 9.66. The smallest absolute Gasteiger partial charge is 0.290 e. The number of carbonyl (C=O) groups is 2. The number of fused-ring (bicyclic) bond motifs is 1. The second-order valence-electron chi connectivity index (χ2n) is 8.69. The monoisotopic (exact) mass is 383 g/mol. The Bertz CT molecular complexity index is 869. The fourth-order valence-electron chi connectivity index (χ4n) is 3.72. The van der Waals surface area contributed by atoms with Crippen molar-refractivity contribution in [2.45, 2.75) is 40.2 Å². The van der Waals surface area contributed by atoms with Gasteiger partial charge < -0.3 is 14.2 Å². The fraction of sp³-hybridized carbons (Fsp3) is 0.500. The third kappa shape index (κ3) is 4.33. The van der Waals surface area contributed by atoms with Crippen molar-refractivity contribution in [3.8, 4) is 0 Å². The second kappa shape index (κ2) is 7.87. The van der Waals surface area contributed by atoms with Crippen LogP contribution in [0.5, 0.6) is 0 Å². The number of ketones is 1. The molecule has 2 heterocycles. The quantitative estimate of drug-likeness (QED) is 0.765. The Kier molecular flexibility index (Phi) is 5.70. The molecule has 0 radical (unpaired) electrons. The average Bonchev–Trinajstić information content (AvgIpc) is 2.94. The molecule has 0 aliphatic heterocycles. The number of likely N-dealkylation sites (N-methyl/N-ethyl adjacent to an activating group) is 1. The Morgan fingerprint density at radius 1 is 1.25 bits per heavy atom. The minimum Gasteiger partial charge on any atom is -0.455 e. The molecule has 0 N–H and O–H groups in total. The van der Waals surface area contributed by atoms with Gasteiger partial charge in [-0.15, -0.1) is 0 Å². The molecule has 2 aromatic heterocycles. The molecule has 0 bridgehead atoms. The summed E-state index contributed by atoms with van der Waals surface area (Å²) in [6.07, 6.45) is 4.63. The Hall–Kier alpha value is -2.47. The SMILES string of the molecule is Cc1c(C(=O)N(CCN(C)C)Cc2cccnc2)oc2c1C(=O)CC(C)(C)C2. The van der Waals surface area contributed by atoms with Crippen molar-refractivity contribution >= 4 is 11.7 Å². The van der Waals surface area contributed by atoms with Crippen LogP contribution in [-0.4, -0.2) is 53.7 Å². The predicted octanol–water partition coefficient (Wildman–Crippen LogP) is 3.34. The third-order valence-corrected chi connectivity index (χ3v) is 5.17. The van der Waals surface area contributed by atoms with Crippen molar-refractivity contribution in [3.63, 3.8) is 0 Å². The molecule has 6 nitrogen and oxygen atoms in total. The molecule has 150 valence electrons. The van der Waals surface area contributed by atoms with Crippen molar-refractivity contribution in [1.82, 2.24) is 14.8 Å². The van der Waals surface area contributed by atoms with Gasteiger partial charge in [0.15, 0.2) is 11.5 Å². The number of carbonyl (C=O) groups excluding carboxylic acids is 2. The first-order chi connectivity index (χ1) is 13.2. The molecule has 28 heavy (non-hydrogen) atoms. The Morgan fingerprint density at radius 2 is 2.00 bits per heavy atom. The van der Waals surface area contributed by atoms with Crippen LogP contribution in [0.25, 0.3) is 0 Å². The van der Waals surface area contributed by atoms with Crippen molar-refractivity contribution < 1.29 is 14.0 Å². The van der Waals surface area contributed by atoms with E-state index in [0.717, 1.165) is 12.1 Å². The largest absolute Gasteiger partial charge is 0.455 e. The summed E-state index contributed by atoms with van der Waals surface area (Å²) in [6.45, 7) is 7.67. The molecule has 0 saturated carbocycles. The number of hydrogen-bond donors (Lipinski definition) is 0. The number of amides is 1. The van der Waals surface area contributed by atoms with Gasteiger partial charge in [0.25, 0.3) is 5.91 Å². The van der Waals surface area contributed by atoms with Crippen LogP contribution in [0.4, 0.5) is 0 Å². The van der Waals surface area contributed by atoms with Gasteiger partial charge >= 0.3 is 0 Å². The van der Waals surface area contributed by atoms with Crippen LogP contribution < -0.4 is 0 Å². The van der Waals surface area contributed by atoms with Crippen LogP contribution in [0.1, 0.15) is 58.1 Å². The summed E-state index contributed by atoms with van der Waals surface area (Å²) >= 11 is 0. The zero-order valence-electron chi connectivity index (χ0n) is 17.4. The van der Waals surface area contributed by atoms with Crippen LogP contribution in [-0.2, 0) is 13.0 Å². The van der Waals surface area contributed by atoms with Crippen molar-refractivity contribution in [1.29, 1.82) is 0 Å². The number of aromatic nitrogens is 1. The van der Waals surface area contributed by atoms with Crippen LogP contribution >= 0.6 is 0 Å². The highest BCUT2D eigenvalue weighted by Crippen LogP contribution is 2.38. The molecule has 6 heteroatoms. The van der Waals surface area contributed by atoms with Gasteiger partial charge in [-0.1, -0.05) is 19.9 Å². The average molecular weight is 383 g/mol. The summed E-state index contributed by atoms with van der Waals surface area (Å²) in [4.78, 5) is 33.9. The van der Waals surface area contributed by atoms with Gasteiger partial charge in [-0.2, -0.15) is 0 Å². The molecule has 0 fully saturated rings. The predicted molar refractivity (Wildman–Crippen MR) is 107 cm³/mol. The van der Waals surface area contributed by atoms with E-state index in [4.69, 9.17) is 4.42 Å². The second-order valence-corrected chi connectivity index (χ2v) is 8.69. The van der Waals surface area contributed by atoms with Gasteiger partial charge in [-0.05, 0) is 38.1 Å². The number of hydrogen-bond acceptors (Lipinski definition) is 5. The van der Waals surface area contributed by atoms with Crippen LogP contribution in [0.3, 0.4) is 0 Å². The minimum absolute atomic E-state index is 0.0682. The standard InChI is InChI=1S/C22H29N3O3/c1-15-19-17(26)11-22(2,3)12-18(19)28-20(15)21(27)25(10-9-24(4)5)14-16-7-6-8-23-13-16/h6-8,13H,9-12,14H2,1-5H3. The summed E-state index contributed by atoms with van der Waals surface area (Å²) in [6, 6.07) is 3.82. The molecular formula is C22H29N3O3. The van der Waals surface area contributed by atoms with E-state index in [-0.39, 0.29) is 17.1 Å². The lowest BCUT2D eigenvalue weighted by molar-refractivity contribution is 0.0693. The first kappa shape index (κ1) is 20.3. The molecule has 1 aliphatic rings. The van der Waals surface area contributed by atoms with Crippen LogP contribution in [0, 0.1) is 12.3 Å². The summed E-state index contributed by atoms with van der Waals surface area (Å²) in [5.74, 6) is 0.830. The Labute approximate surface area is 166 Å². The molecule has 0 atom stereocenters. The molecule has 0 unspecified atom stereocenters. The van der Waals surface area contributed by atoms with E-state index < -0.39 is 0 Å². The summed E-state index contributed by atoms with van der Waals surface area (Å²) in [7, 11) is 3.95. The van der Waals surface area contributed by atoms with E-state index in [1.165, 1.54) is 0 Å². The number of nitrogens with zero attached hydrogens (tertiary/aromatic N) is 3. The van der Waals surface area contributed by atoms with E-state index in [1.54, 1.807) is 17.3 Å². The lowest BCUT2D eigenvalue weighted by atomic mass is 9.76. The summed E-state index contributed by atoms with van der Waals surface area (Å²) in [5.41, 5.74) is 2.09. The van der Waals surface area contributed by atoms with Crippen molar-refractivity contribution in [2.24, 2.45) is 5.41 Å². The first-order valence-corrected chi connectivity index (χ1v) is 9.66. The van der Waals surface area contributed by atoms with E-state index in [1.807, 2.05) is 38.1 Å². The van der Waals surface area contributed by atoms with Gasteiger partial charge in [0.2, 0.25) is 0 Å². The topological polar surface area (TPSA) is 66.7 Å². The van der Waals surface area contributed by atoms with E-state index in [9.17, 15) is 9.59 Å². The molecule has 0 spiro atoms. The molecule has 1 aliphatic carbocycles. The highest BCUT2D eigenvalue weighted by Gasteiger charge is 2.37. The maximum absolute atomic E-state index is 13.4. The highest BCUT2D eigenvalue weighted by atomic mass is 16.4. The van der Waals surface area contributed by atoms with Gasteiger partial charge in [0.1, 0.15) is 5.76 Å². The number of rotatable bonds is 6. The van der Waals surface area contributed by atoms with E-state index in [0.29, 0.717) is 48.6 Å².